The molecule has 2 aromatic rings. The first-order valence-corrected chi connectivity index (χ1v) is 12.5. The number of benzene rings is 2. The number of hydrogen-bond donors (Lipinski definition) is 2. The molecule has 1 aliphatic rings. The standard InChI is InChI=1S/C28H36N2O7/c1-5-37-28(34)22(13-11-19-9-7-6-8-10-19)29-18(2)27(33)30(17-26(31)32)23-14-12-20-15-24(35-3)25(36-4)16-21(20)23/h6-10,15-16,18,22-23,29H,5,11-14,17H2,1-4H3,(H,31,32)/t18-,22?,23?/m0/s1. The van der Waals surface area contributed by atoms with E-state index >= 15 is 0 Å². The summed E-state index contributed by atoms with van der Waals surface area (Å²) in [7, 11) is 3.09. The monoisotopic (exact) mass is 512 g/mol. The number of aliphatic carboxylic acids is 1. The van der Waals surface area contributed by atoms with Crippen molar-refractivity contribution in [1.82, 2.24) is 10.2 Å². The lowest BCUT2D eigenvalue weighted by Gasteiger charge is -2.32. The van der Waals surface area contributed by atoms with E-state index in [2.05, 4.69) is 5.32 Å². The van der Waals surface area contributed by atoms with E-state index in [1.165, 1.54) is 12.0 Å². The highest BCUT2D eigenvalue weighted by molar-refractivity contribution is 5.86. The van der Waals surface area contributed by atoms with Gasteiger partial charge in [0.25, 0.3) is 0 Å². The molecule has 0 aliphatic heterocycles. The largest absolute Gasteiger partial charge is 0.493 e. The normalized spacial score (nSPS) is 15.8. The Labute approximate surface area is 217 Å². The van der Waals surface area contributed by atoms with Gasteiger partial charge in [-0.25, -0.2) is 0 Å². The van der Waals surface area contributed by atoms with Crippen molar-refractivity contribution in [2.24, 2.45) is 0 Å². The lowest BCUT2D eigenvalue weighted by Crippen LogP contribution is -2.52. The molecule has 0 bridgehead atoms. The van der Waals surface area contributed by atoms with Crippen LogP contribution in [-0.4, -0.2) is 67.3 Å². The number of nitrogens with zero attached hydrogens (tertiary/aromatic N) is 1. The summed E-state index contributed by atoms with van der Waals surface area (Å²) in [5, 5.41) is 12.7. The van der Waals surface area contributed by atoms with Crippen molar-refractivity contribution in [2.75, 3.05) is 27.4 Å². The molecular weight excluding hydrogens is 476 g/mol. The fraction of sp³-hybridized carbons (Fsp3) is 0.464. The third kappa shape index (κ3) is 7.01. The topological polar surface area (TPSA) is 114 Å². The van der Waals surface area contributed by atoms with Crippen LogP contribution in [0.1, 0.15) is 49.4 Å². The Morgan fingerprint density at radius 3 is 2.41 bits per heavy atom. The summed E-state index contributed by atoms with van der Waals surface area (Å²) in [5.41, 5.74) is 2.89. The highest BCUT2D eigenvalue weighted by Gasteiger charge is 2.36. The van der Waals surface area contributed by atoms with E-state index in [1.54, 1.807) is 21.0 Å². The van der Waals surface area contributed by atoms with Crippen molar-refractivity contribution < 1.29 is 33.7 Å². The van der Waals surface area contributed by atoms with Gasteiger partial charge in [-0.05, 0) is 68.4 Å². The number of carboxylic acids is 1. The Bertz CT molecular complexity index is 1090. The van der Waals surface area contributed by atoms with Crippen LogP contribution in [0.2, 0.25) is 0 Å². The van der Waals surface area contributed by atoms with Crippen LogP contribution < -0.4 is 14.8 Å². The van der Waals surface area contributed by atoms with E-state index in [4.69, 9.17) is 14.2 Å². The number of aryl methyl sites for hydroxylation is 2. The van der Waals surface area contributed by atoms with Crippen LogP contribution in [0, 0.1) is 0 Å². The Kier molecular flexibility index (Phi) is 9.91. The summed E-state index contributed by atoms with van der Waals surface area (Å²) in [5.74, 6) is -0.843. The van der Waals surface area contributed by atoms with Crippen molar-refractivity contribution in [2.45, 2.75) is 57.7 Å². The summed E-state index contributed by atoms with van der Waals surface area (Å²) >= 11 is 0. The molecule has 2 aromatic carbocycles. The van der Waals surface area contributed by atoms with E-state index < -0.39 is 42.5 Å². The molecule has 9 heteroatoms. The van der Waals surface area contributed by atoms with Gasteiger partial charge >= 0.3 is 11.9 Å². The van der Waals surface area contributed by atoms with Gasteiger partial charge in [-0.3, -0.25) is 19.7 Å². The number of rotatable bonds is 13. The van der Waals surface area contributed by atoms with Gasteiger partial charge in [0, 0.05) is 0 Å². The van der Waals surface area contributed by atoms with Gasteiger partial charge in [0.15, 0.2) is 11.5 Å². The van der Waals surface area contributed by atoms with Crippen molar-refractivity contribution >= 4 is 17.8 Å². The molecule has 0 spiro atoms. The smallest absolute Gasteiger partial charge is 0.323 e. The minimum atomic E-state index is -1.11. The SMILES string of the molecule is CCOC(=O)C(CCc1ccccc1)N[C@@H](C)C(=O)N(CC(=O)O)C1CCc2cc(OC)c(OC)cc21. The molecular formula is C28H36N2O7. The Morgan fingerprint density at radius 1 is 1.11 bits per heavy atom. The quantitative estimate of drug-likeness (QED) is 0.394. The molecule has 0 radical (unpaired) electrons. The van der Waals surface area contributed by atoms with Gasteiger partial charge in [-0.2, -0.15) is 0 Å². The second-order valence-electron chi connectivity index (χ2n) is 9.04. The van der Waals surface area contributed by atoms with Gasteiger partial charge in [-0.1, -0.05) is 30.3 Å². The highest BCUT2D eigenvalue weighted by atomic mass is 16.5. The number of hydrogen-bond acceptors (Lipinski definition) is 7. The zero-order valence-corrected chi connectivity index (χ0v) is 21.9. The highest BCUT2D eigenvalue weighted by Crippen LogP contribution is 2.42. The van der Waals surface area contributed by atoms with Crippen LogP contribution in [0.5, 0.6) is 11.5 Å². The molecule has 1 aliphatic carbocycles. The number of carbonyl (C=O) groups excluding carboxylic acids is 2. The third-order valence-electron chi connectivity index (χ3n) is 6.61. The molecule has 3 rings (SSSR count). The molecule has 2 N–H and O–H groups in total. The average Bonchev–Trinajstić information content (AvgIpc) is 3.31. The van der Waals surface area contributed by atoms with E-state index in [9.17, 15) is 19.5 Å². The van der Waals surface area contributed by atoms with Crippen molar-refractivity contribution in [3.05, 3.63) is 59.2 Å². The second kappa shape index (κ2) is 13.1. The van der Waals surface area contributed by atoms with Crippen LogP contribution in [0.15, 0.2) is 42.5 Å². The summed E-state index contributed by atoms with van der Waals surface area (Å²) in [6.45, 7) is 3.14. The number of amides is 1. The van der Waals surface area contributed by atoms with Gasteiger partial charge < -0.3 is 24.2 Å². The number of fused-ring (bicyclic) bond motifs is 1. The second-order valence-corrected chi connectivity index (χ2v) is 9.04. The molecule has 3 atom stereocenters. The van der Waals surface area contributed by atoms with E-state index in [-0.39, 0.29) is 6.61 Å². The Balaban J connectivity index is 1.81. The van der Waals surface area contributed by atoms with E-state index in [1.807, 2.05) is 42.5 Å². The summed E-state index contributed by atoms with van der Waals surface area (Å²) in [6, 6.07) is 11.5. The third-order valence-corrected chi connectivity index (χ3v) is 6.61. The summed E-state index contributed by atoms with van der Waals surface area (Å²) in [6.07, 6.45) is 2.30. The molecule has 0 heterocycles. The first kappa shape index (κ1) is 28.0. The zero-order chi connectivity index (χ0) is 26.9. The summed E-state index contributed by atoms with van der Waals surface area (Å²) < 4.78 is 16.1. The van der Waals surface area contributed by atoms with E-state index in [0.29, 0.717) is 37.2 Å². The number of carbonyl (C=O) groups is 3. The maximum absolute atomic E-state index is 13.6. The van der Waals surface area contributed by atoms with Gasteiger partial charge in [-0.15, -0.1) is 0 Å². The number of methoxy groups -OCH3 is 2. The van der Waals surface area contributed by atoms with Crippen LogP contribution in [0.4, 0.5) is 0 Å². The fourth-order valence-electron chi connectivity index (χ4n) is 4.81. The van der Waals surface area contributed by atoms with Crippen molar-refractivity contribution in [3.63, 3.8) is 0 Å². The molecule has 0 fully saturated rings. The molecule has 200 valence electrons. The number of carboxylic acid groups (broad SMARTS) is 1. The zero-order valence-electron chi connectivity index (χ0n) is 21.9. The minimum absolute atomic E-state index is 0.222. The van der Waals surface area contributed by atoms with Crippen LogP contribution in [0.25, 0.3) is 0 Å². The molecule has 9 nitrogen and oxygen atoms in total. The van der Waals surface area contributed by atoms with Gasteiger partial charge in [0.1, 0.15) is 12.6 Å². The maximum atomic E-state index is 13.6. The van der Waals surface area contributed by atoms with Crippen LogP contribution in [-0.2, 0) is 32.0 Å². The lowest BCUT2D eigenvalue weighted by molar-refractivity contribution is -0.149. The van der Waals surface area contributed by atoms with Crippen LogP contribution >= 0.6 is 0 Å². The predicted octanol–water partition coefficient (Wildman–Crippen LogP) is 3.15. The molecule has 0 saturated carbocycles. The van der Waals surface area contributed by atoms with Crippen molar-refractivity contribution in [3.8, 4) is 11.5 Å². The van der Waals surface area contributed by atoms with Crippen LogP contribution in [0.3, 0.4) is 0 Å². The molecule has 0 aromatic heterocycles. The summed E-state index contributed by atoms with van der Waals surface area (Å²) in [4.78, 5) is 39.5. The van der Waals surface area contributed by atoms with Gasteiger partial charge in [0.05, 0.1) is 32.9 Å². The lowest BCUT2D eigenvalue weighted by atomic mass is 10.0. The van der Waals surface area contributed by atoms with Crippen molar-refractivity contribution in [1.29, 1.82) is 0 Å². The Morgan fingerprint density at radius 2 is 1.78 bits per heavy atom. The predicted molar refractivity (Wildman–Crippen MR) is 138 cm³/mol. The maximum Gasteiger partial charge on any atom is 0.323 e. The molecule has 1 amide bonds. The minimum Gasteiger partial charge on any atom is -0.493 e. The molecule has 0 saturated heterocycles. The molecule has 37 heavy (non-hydrogen) atoms. The van der Waals surface area contributed by atoms with E-state index in [0.717, 1.165) is 16.7 Å². The number of ether oxygens (including phenoxy) is 3. The Hall–Kier alpha value is -3.59. The first-order chi connectivity index (χ1) is 17.8. The molecule has 2 unspecified atom stereocenters. The fourth-order valence-corrected chi connectivity index (χ4v) is 4.81. The average molecular weight is 513 g/mol. The van der Waals surface area contributed by atoms with Gasteiger partial charge in [0.2, 0.25) is 5.91 Å². The number of nitrogens with one attached hydrogen (secondary N) is 1. The number of esters is 1. The first-order valence-electron chi connectivity index (χ1n) is 12.5.